The van der Waals surface area contributed by atoms with Crippen molar-refractivity contribution in [2.45, 2.75) is 121 Å². The minimum atomic E-state index is 0.107. The molecule has 2 rings (SSSR count). The van der Waals surface area contributed by atoms with Crippen LogP contribution in [0, 0.1) is 6.92 Å². The largest absolute Gasteiger partial charge is 0.497 e. The number of amidine groups is 1. The third-order valence-corrected chi connectivity index (χ3v) is 7.09. The fraction of sp³-hybridized carbons (Fsp3) is 0.512. The number of benzene rings is 2. The molecule has 0 aromatic heterocycles. The van der Waals surface area contributed by atoms with Crippen LogP contribution in [0.2, 0.25) is 0 Å². The number of carbonyl (C=O) groups is 1. The predicted octanol–water partition coefficient (Wildman–Crippen LogP) is 11.4. The second-order valence-corrected chi connectivity index (χ2v) is 11.4. The summed E-state index contributed by atoms with van der Waals surface area (Å²) >= 11 is 0. The lowest BCUT2D eigenvalue weighted by Gasteiger charge is -2.28. The Kier molecular flexibility index (Phi) is 25.7. The summed E-state index contributed by atoms with van der Waals surface area (Å²) in [5.74, 6) is 2.58. The lowest BCUT2D eigenvalue weighted by Crippen LogP contribution is -2.33. The minimum Gasteiger partial charge on any atom is -0.497 e. The van der Waals surface area contributed by atoms with Gasteiger partial charge in [-0.15, -0.1) is 6.58 Å². The summed E-state index contributed by atoms with van der Waals surface area (Å²) < 4.78 is 11.1. The summed E-state index contributed by atoms with van der Waals surface area (Å²) in [7, 11) is 3.55. The number of hydrogen-bond donors (Lipinski definition) is 0. The number of hydrogen-bond acceptors (Lipinski definition) is 4. The molecular formula is C41H66N2O3. The van der Waals surface area contributed by atoms with E-state index in [9.17, 15) is 4.79 Å². The van der Waals surface area contributed by atoms with E-state index in [1.165, 1.54) is 41.5 Å². The van der Waals surface area contributed by atoms with Crippen LogP contribution < -0.4 is 4.74 Å². The molecule has 0 aliphatic rings. The molecule has 0 N–H and O–H groups in total. The molecule has 0 aliphatic heterocycles. The summed E-state index contributed by atoms with van der Waals surface area (Å²) in [6, 6.07) is 13.9. The third kappa shape index (κ3) is 18.4. The second kappa shape index (κ2) is 26.6. The highest BCUT2D eigenvalue weighted by molar-refractivity contribution is 5.98. The van der Waals surface area contributed by atoms with Gasteiger partial charge < -0.3 is 14.4 Å². The maximum Gasteiger partial charge on any atom is 0.150 e. The first-order valence-electron chi connectivity index (χ1n) is 17.0. The van der Waals surface area contributed by atoms with Crippen molar-refractivity contribution >= 4 is 12.1 Å². The van der Waals surface area contributed by atoms with Crippen molar-refractivity contribution in [3.8, 4) is 5.75 Å². The number of methoxy groups -OCH3 is 1. The number of ether oxygens (including phenoxy) is 2. The van der Waals surface area contributed by atoms with E-state index in [-0.39, 0.29) is 6.10 Å². The Balaban J connectivity index is 0. The Morgan fingerprint density at radius 1 is 0.957 bits per heavy atom. The second-order valence-electron chi connectivity index (χ2n) is 11.4. The van der Waals surface area contributed by atoms with Crippen LogP contribution >= 0.6 is 0 Å². The molecule has 0 spiro atoms. The van der Waals surface area contributed by atoms with Crippen LogP contribution in [0.15, 0.2) is 83.1 Å². The fourth-order valence-electron chi connectivity index (χ4n) is 4.31. The number of rotatable bonds is 14. The van der Waals surface area contributed by atoms with Crippen LogP contribution in [0.4, 0.5) is 0 Å². The van der Waals surface area contributed by atoms with E-state index in [1.54, 1.807) is 7.11 Å². The molecule has 0 aliphatic carbocycles. The Morgan fingerprint density at radius 3 is 1.96 bits per heavy atom. The highest BCUT2D eigenvalue weighted by atomic mass is 16.5. The first-order valence-corrected chi connectivity index (χ1v) is 17.0. The summed E-state index contributed by atoms with van der Waals surface area (Å²) in [6.45, 7) is 32.5. The number of unbranched alkanes of at least 4 members (excludes halogenated alkanes) is 1. The number of aryl methyl sites for hydroxylation is 2. The van der Waals surface area contributed by atoms with Crippen molar-refractivity contribution in [2.75, 3.05) is 20.7 Å². The SMILES string of the molecule is C=C(C)CCCC.C=C(OC(C)C)/C(C)=C(/C)C(=NC)N(CCC)Cc1ccc(OC)cc1C.CC.CCc1ccc(C=O)cc1. The molecule has 0 atom stereocenters. The molecule has 0 bridgehead atoms. The zero-order chi connectivity index (χ0) is 35.7. The number of nitrogens with zero attached hydrogens (tertiary/aromatic N) is 2. The van der Waals surface area contributed by atoms with E-state index in [0.29, 0.717) is 5.76 Å². The molecule has 0 radical (unpaired) electrons. The minimum absolute atomic E-state index is 0.107. The zero-order valence-corrected chi connectivity index (χ0v) is 31.7. The van der Waals surface area contributed by atoms with Gasteiger partial charge in [-0.25, -0.2) is 0 Å². The first-order chi connectivity index (χ1) is 21.9. The Hall–Kier alpha value is -3.60. The van der Waals surface area contributed by atoms with Crippen molar-refractivity contribution in [1.29, 1.82) is 0 Å². The lowest BCUT2D eigenvalue weighted by atomic mass is 10.0. The van der Waals surface area contributed by atoms with Crippen LogP contribution in [-0.4, -0.2) is 43.8 Å². The Morgan fingerprint density at radius 2 is 1.57 bits per heavy atom. The molecule has 0 unspecified atom stereocenters. The highest BCUT2D eigenvalue weighted by Gasteiger charge is 2.17. The molecule has 258 valence electrons. The van der Waals surface area contributed by atoms with Gasteiger partial charge in [0.15, 0.2) is 0 Å². The first kappa shape index (κ1) is 44.5. The van der Waals surface area contributed by atoms with Crippen LogP contribution in [-0.2, 0) is 17.7 Å². The summed E-state index contributed by atoms with van der Waals surface area (Å²) in [5, 5.41) is 0. The molecule has 0 amide bonds. The van der Waals surface area contributed by atoms with E-state index in [2.05, 4.69) is 76.7 Å². The number of aliphatic imine (C=N–C) groups is 1. The van der Waals surface area contributed by atoms with E-state index < -0.39 is 0 Å². The molecule has 2 aromatic carbocycles. The predicted molar refractivity (Wildman–Crippen MR) is 202 cm³/mol. The van der Waals surface area contributed by atoms with E-state index >= 15 is 0 Å². The van der Waals surface area contributed by atoms with Gasteiger partial charge in [-0.3, -0.25) is 9.79 Å². The molecule has 0 saturated carbocycles. The van der Waals surface area contributed by atoms with Gasteiger partial charge in [0.25, 0.3) is 0 Å². The van der Waals surface area contributed by atoms with E-state index in [1.807, 2.05) is 72.0 Å². The molecule has 46 heavy (non-hydrogen) atoms. The van der Waals surface area contributed by atoms with E-state index in [0.717, 1.165) is 60.5 Å². The highest BCUT2D eigenvalue weighted by Crippen LogP contribution is 2.22. The van der Waals surface area contributed by atoms with Crippen molar-refractivity contribution in [2.24, 2.45) is 4.99 Å². The van der Waals surface area contributed by atoms with Crippen LogP contribution in [0.5, 0.6) is 5.75 Å². The standard InChI is InChI=1S/C23H36N2O2.C9H10O.C7H14.C2H6/c1-10-13-25(15-21-11-12-22(26-9)14-17(21)4)23(24-8)19(6)18(5)20(7)27-16(2)3;1-2-8-3-5-9(7-10)6-4-8;1-4-5-6-7(2)3;1-2/h11-12,14,16H,7,10,13,15H2,1-6,8-9H3;3-7H,2H2,1H3;2,4-6H2,1,3H3;1-2H3/b19-18-,24-23?;;;. The number of allylic oxidation sites excluding steroid dienone is 2. The quantitative estimate of drug-likeness (QED) is 0.0518. The molecule has 2 aromatic rings. The van der Waals surface area contributed by atoms with Gasteiger partial charge in [0.2, 0.25) is 0 Å². The van der Waals surface area contributed by atoms with Crippen molar-refractivity contribution in [1.82, 2.24) is 4.90 Å². The Labute approximate surface area is 283 Å². The lowest BCUT2D eigenvalue weighted by molar-refractivity contribution is 0.112. The topological polar surface area (TPSA) is 51.1 Å². The van der Waals surface area contributed by atoms with Gasteiger partial charge >= 0.3 is 0 Å². The molecular weight excluding hydrogens is 568 g/mol. The van der Waals surface area contributed by atoms with Crippen molar-refractivity contribution in [3.63, 3.8) is 0 Å². The summed E-state index contributed by atoms with van der Waals surface area (Å²) in [6.07, 6.45) is 6.83. The third-order valence-electron chi connectivity index (χ3n) is 7.09. The summed E-state index contributed by atoms with van der Waals surface area (Å²) in [4.78, 5) is 17.1. The van der Waals surface area contributed by atoms with Gasteiger partial charge in [-0.1, -0.05) is 83.5 Å². The zero-order valence-electron chi connectivity index (χ0n) is 31.7. The number of aldehydes is 1. The molecule has 5 nitrogen and oxygen atoms in total. The van der Waals surface area contributed by atoms with Gasteiger partial charge in [-0.2, -0.15) is 0 Å². The van der Waals surface area contributed by atoms with Gasteiger partial charge in [-0.05, 0) is 107 Å². The van der Waals surface area contributed by atoms with E-state index in [4.69, 9.17) is 9.47 Å². The van der Waals surface area contributed by atoms with Gasteiger partial charge in [0, 0.05) is 25.7 Å². The van der Waals surface area contributed by atoms with Crippen LogP contribution in [0.25, 0.3) is 0 Å². The van der Waals surface area contributed by atoms with Crippen LogP contribution in [0.3, 0.4) is 0 Å². The number of carbonyl (C=O) groups excluding carboxylic acids is 1. The molecule has 5 heteroatoms. The maximum absolute atomic E-state index is 10.2. The monoisotopic (exact) mass is 635 g/mol. The van der Waals surface area contributed by atoms with Crippen molar-refractivity contribution in [3.05, 3.63) is 100 Å². The van der Waals surface area contributed by atoms with Crippen molar-refractivity contribution < 1.29 is 14.3 Å². The average molecular weight is 635 g/mol. The molecule has 0 saturated heterocycles. The summed E-state index contributed by atoms with van der Waals surface area (Å²) in [5.41, 5.74) is 7.95. The van der Waals surface area contributed by atoms with Gasteiger partial charge in [0.1, 0.15) is 23.6 Å². The smallest absolute Gasteiger partial charge is 0.150 e. The maximum atomic E-state index is 10.2. The molecule has 0 fully saturated rings. The van der Waals surface area contributed by atoms with Gasteiger partial charge in [0.05, 0.1) is 13.2 Å². The Bertz CT molecular complexity index is 1210. The molecule has 0 heterocycles. The van der Waals surface area contributed by atoms with Crippen LogP contribution in [0.1, 0.15) is 122 Å². The normalized spacial score (nSPS) is 11.0. The average Bonchev–Trinajstić information content (AvgIpc) is 3.05. The fourth-order valence-corrected chi connectivity index (χ4v) is 4.31.